The second kappa shape index (κ2) is 4.71. The Bertz CT molecular complexity index is 548. The molecule has 1 N–H and O–H groups in total. The topological polar surface area (TPSA) is 42.4 Å². The fourth-order valence-electron chi connectivity index (χ4n) is 1.80. The number of aryl methyl sites for hydroxylation is 1. The van der Waals surface area contributed by atoms with Gasteiger partial charge in [-0.3, -0.25) is 0 Å². The summed E-state index contributed by atoms with van der Waals surface area (Å²) in [5.41, 5.74) is 0.858. The number of ether oxygens (including phenoxy) is 1. The summed E-state index contributed by atoms with van der Waals surface area (Å²) >= 11 is 1.52. The van der Waals surface area contributed by atoms with Gasteiger partial charge in [-0.05, 0) is 37.5 Å². The van der Waals surface area contributed by atoms with Gasteiger partial charge < -0.3 is 9.84 Å². The number of hydrogen-bond donors (Lipinski definition) is 1. The van der Waals surface area contributed by atoms with Gasteiger partial charge in [0.15, 0.2) is 0 Å². The molecule has 1 atom stereocenters. The van der Waals surface area contributed by atoms with Crippen molar-refractivity contribution < 1.29 is 9.84 Å². The maximum absolute atomic E-state index is 10.3. The molecule has 1 aromatic carbocycles. The molecule has 0 spiro atoms. The first kappa shape index (κ1) is 11.7. The van der Waals surface area contributed by atoms with Crippen LogP contribution in [0, 0.1) is 6.92 Å². The van der Waals surface area contributed by atoms with E-state index in [9.17, 15) is 5.11 Å². The summed E-state index contributed by atoms with van der Waals surface area (Å²) < 4.78 is 5.73. The third-order valence-corrected chi connectivity index (χ3v) is 3.87. The molecule has 3 nitrogen and oxygen atoms in total. The van der Waals surface area contributed by atoms with E-state index >= 15 is 0 Å². The monoisotopic (exact) mass is 261 g/mol. The molecule has 1 saturated carbocycles. The molecule has 0 aliphatic heterocycles. The second-order valence-corrected chi connectivity index (χ2v) is 5.84. The third-order valence-electron chi connectivity index (χ3n) is 2.91. The van der Waals surface area contributed by atoms with Gasteiger partial charge in [-0.25, -0.2) is 4.98 Å². The number of aromatic nitrogens is 1. The zero-order valence-electron chi connectivity index (χ0n) is 10.2. The van der Waals surface area contributed by atoms with Crippen molar-refractivity contribution in [3.63, 3.8) is 0 Å². The number of aliphatic hydroxyl groups is 1. The van der Waals surface area contributed by atoms with Crippen molar-refractivity contribution in [3.8, 4) is 5.75 Å². The van der Waals surface area contributed by atoms with Crippen LogP contribution in [0.1, 0.15) is 34.4 Å². The fourth-order valence-corrected chi connectivity index (χ4v) is 2.60. The summed E-state index contributed by atoms with van der Waals surface area (Å²) in [6, 6.07) is 7.69. The van der Waals surface area contributed by atoms with Crippen LogP contribution in [0.5, 0.6) is 5.75 Å². The van der Waals surface area contributed by atoms with E-state index in [4.69, 9.17) is 4.74 Å². The second-order valence-electron chi connectivity index (χ2n) is 4.57. The SMILES string of the molecule is Cc1ncc(C(O)c2cccc(OC3CC3)c2)s1. The minimum atomic E-state index is -0.612. The zero-order chi connectivity index (χ0) is 12.5. The summed E-state index contributed by atoms with van der Waals surface area (Å²) in [5, 5.41) is 11.3. The Balaban J connectivity index is 1.81. The molecule has 1 fully saturated rings. The van der Waals surface area contributed by atoms with Gasteiger partial charge in [-0.1, -0.05) is 12.1 Å². The fraction of sp³-hybridized carbons (Fsp3) is 0.357. The largest absolute Gasteiger partial charge is 0.490 e. The van der Waals surface area contributed by atoms with Crippen molar-refractivity contribution in [1.82, 2.24) is 4.98 Å². The van der Waals surface area contributed by atoms with E-state index in [0.29, 0.717) is 6.10 Å². The van der Waals surface area contributed by atoms with Crippen molar-refractivity contribution >= 4 is 11.3 Å². The first-order chi connectivity index (χ1) is 8.72. The summed E-state index contributed by atoms with van der Waals surface area (Å²) in [5.74, 6) is 0.843. The van der Waals surface area contributed by atoms with Crippen molar-refractivity contribution in [1.29, 1.82) is 0 Å². The average Bonchev–Trinajstić information content (AvgIpc) is 3.08. The highest BCUT2D eigenvalue weighted by Gasteiger charge is 2.23. The molecule has 1 heterocycles. The van der Waals surface area contributed by atoms with Gasteiger partial charge in [0, 0.05) is 6.20 Å². The quantitative estimate of drug-likeness (QED) is 0.919. The molecule has 0 amide bonds. The van der Waals surface area contributed by atoms with Gasteiger partial charge in [-0.15, -0.1) is 11.3 Å². The smallest absolute Gasteiger partial charge is 0.120 e. The summed E-state index contributed by atoms with van der Waals surface area (Å²) in [4.78, 5) is 5.04. The molecule has 18 heavy (non-hydrogen) atoms. The Morgan fingerprint density at radius 3 is 2.94 bits per heavy atom. The molecule has 1 aliphatic carbocycles. The van der Waals surface area contributed by atoms with Gasteiger partial charge in [0.05, 0.1) is 16.0 Å². The molecule has 94 valence electrons. The maximum atomic E-state index is 10.3. The lowest BCUT2D eigenvalue weighted by molar-refractivity contribution is 0.222. The Morgan fingerprint density at radius 2 is 2.28 bits per heavy atom. The van der Waals surface area contributed by atoms with E-state index in [2.05, 4.69) is 4.98 Å². The molecule has 0 bridgehead atoms. The summed E-state index contributed by atoms with van der Waals surface area (Å²) in [6.45, 7) is 1.94. The standard InChI is InChI=1S/C14H15NO2S/c1-9-15-8-13(18-9)14(16)10-3-2-4-12(7-10)17-11-5-6-11/h2-4,7-8,11,14,16H,5-6H2,1H3. The van der Waals surface area contributed by atoms with Gasteiger partial charge >= 0.3 is 0 Å². The highest BCUT2D eigenvalue weighted by molar-refractivity contribution is 7.11. The van der Waals surface area contributed by atoms with E-state index < -0.39 is 6.10 Å². The molecular weight excluding hydrogens is 246 g/mol. The Labute approximate surface area is 110 Å². The van der Waals surface area contributed by atoms with Crippen molar-refractivity contribution in [3.05, 3.63) is 45.9 Å². The highest BCUT2D eigenvalue weighted by atomic mass is 32.1. The lowest BCUT2D eigenvalue weighted by Crippen LogP contribution is -2.00. The van der Waals surface area contributed by atoms with Crippen molar-refractivity contribution in [2.24, 2.45) is 0 Å². The first-order valence-electron chi connectivity index (χ1n) is 6.09. The van der Waals surface area contributed by atoms with Crippen LogP contribution in [-0.2, 0) is 0 Å². The van der Waals surface area contributed by atoms with Crippen molar-refractivity contribution in [2.45, 2.75) is 32.0 Å². The molecule has 2 aromatic rings. The van der Waals surface area contributed by atoms with Crippen LogP contribution < -0.4 is 4.74 Å². The minimum Gasteiger partial charge on any atom is -0.490 e. The molecule has 3 rings (SSSR count). The Morgan fingerprint density at radius 1 is 1.44 bits per heavy atom. The van der Waals surface area contributed by atoms with Gasteiger partial charge in [-0.2, -0.15) is 0 Å². The predicted molar refractivity (Wildman–Crippen MR) is 71.0 cm³/mol. The molecule has 1 aliphatic rings. The average molecular weight is 261 g/mol. The minimum absolute atomic E-state index is 0.378. The molecule has 0 saturated heterocycles. The van der Waals surface area contributed by atoms with Crippen LogP contribution in [0.3, 0.4) is 0 Å². The van der Waals surface area contributed by atoms with Crippen LogP contribution in [0.15, 0.2) is 30.5 Å². The zero-order valence-corrected chi connectivity index (χ0v) is 11.0. The molecule has 1 aromatic heterocycles. The molecular formula is C14H15NO2S. The summed E-state index contributed by atoms with van der Waals surface area (Å²) in [6.07, 6.45) is 3.78. The molecule has 4 heteroatoms. The third kappa shape index (κ3) is 2.54. The van der Waals surface area contributed by atoms with Crippen LogP contribution in [-0.4, -0.2) is 16.2 Å². The number of aliphatic hydroxyl groups excluding tert-OH is 1. The van der Waals surface area contributed by atoms with E-state index in [1.54, 1.807) is 6.20 Å². The summed E-state index contributed by atoms with van der Waals surface area (Å²) in [7, 11) is 0. The van der Waals surface area contributed by atoms with E-state index in [0.717, 1.165) is 34.0 Å². The highest BCUT2D eigenvalue weighted by Crippen LogP contribution is 2.31. The van der Waals surface area contributed by atoms with Crippen LogP contribution in [0.25, 0.3) is 0 Å². The number of hydrogen-bond acceptors (Lipinski definition) is 4. The lowest BCUT2D eigenvalue weighted by atomic mass is 10.1. The maximum Gasteiger partial charge on any atom is 0.120 e. The Hall–Kier alpha value is -1.39. The number of benzene rings is 1. The van der Waals surface area contributed by atoms with Gasteiger partial charge in [0.2, 0.25) is 0 Å². The van der Waals surface area contributed by atoms with E-state index in [-0.39, 0.29) is 0 Å². The predicted octanol–water partition coefficient (Wildman–Crippen LogP) is 3.07. The van der Waals surface area contributed by atoms with E-state index in [1.807, 2.05) is 31.2 Å². The van der Waals surface area contributed by atoms with Crippen LogP contribution in [0.2, 0.25) is 0 Å². The Kier molecular flexibility index (Phi) is 3.06. The van der Waals surface area contributed by atoms with Crippen LogP contribution >= 0.6 is 11.3 Å². The normalized spacial score (nSPS) is 16.6. The number of nitrogens with zero attached hydrogens (tertiary/aromatic N) is 1. The van der Waals surface area contributed by atoms with Crippen molar-refractivity contribution in [2.75, 3.05) is 0 Å². The lowest BCUT2D eigenvalue weighted by Gasteiger charge is -2.11. The molecule has 0 radical (unpaired) electrons. The van der Waals surface area contributed by atoms with Gasteiger partial charge in [0.1, 0.15) is 11.9 Å². The first-order valence-corrected chi connectivity index (χ1v) is 6.91. The number of rotatable bonds is 4. The number of thiazole rings is 1. The van der Waals surface area contributed by atoms with E-state index in [1.165, 1.54) is 11.3 Å². The van der Waals surface area contributed by atoms with Crippen LogP contribution in [0.4, 0.5) is 0 Å². The van der Waals surface area contributed by atoms with Gasteiger partial charge in [0.25, 0.3) is 0 Å². The molecule has 1 unspecified atom stereocenters.